The number of aryl methyl sites for hydroxylation is 2. The highest BCUT2D eigenvalue weighted by Crippen LogP contribution is 2.17. The monoisotopic (exact) mass is 217 g/mol. The molecule has 3 nitrogen and oxygen atoms in total. The van der Waals surface area contributed by atoms with Gasteiger partial charge in [-0.2, -0.15) is 0 Å². The summed E-state index contributed by atoms with van der Waals surface area (Å²) < 4.78 is 2.19. The Kier molecular flexibility index (Phi) is 3.25. The summed E-state index contributed by atoms with van der Waals surface area (Å²) in [6.45, 7) is 6.20. The highest BCUT2D eigenvalue weighted by molar-refractivity contribution is 5.76. The average molecular weight is 217 g/mol. The first kappa shape index (κ1) is 11.1. The van der Waals surface area contributed by atoms with E-state index < -0.39 is 0 Å². The summed E-state index contributed by atoms with van der Waals surface area (Å²) in [4.78, 5) is 4.59. The molecule has 0 radical (unpaired) electrons. The van der Waals surface area contributed by atoms with Crippen LogP contribution in [0.5, 0.6) is 0 Å². The SMILES string of the molecule is CCNCc1ccc2nc(CC)n(C)c2c1. The van der Waals surface area contributed by atoms with Crippen LogP contribution in [0.3, 0.4) is 0 Å². The Morgan fingerprint density at radius 2 is 2.12 bits per heavy atom. The minimum atomic E-state index is 0.930. The van der Waals surface area contributed by atoms with E-state index in [1.165, 1.54) is 11.1 Å². The largest absolute Gasteiger partial charge is 0.331 e. The van der Waals surface area contributed by atoms with E-state index in [0.717, 1.165) is 30.9 Å². The number of rotatable bonds is 4. The summed E-state index contributed by atoms with van der Waals surface area (Å²) in [5.41, 5.74) is 3.65. The second kappa shape index (κ2) is 4.66. The first-order chi connectivity index (χ1) is 7.76. The number of nitrogens with zero attached hydrogens (tertiary/aromatic N) is 2. The highest BCUT2D eigenvalue weighted by atomic mass is 15.1. The second-order valence-electron chi connectivity index (χ2n) is 4.04. The lowest BCUT2D eigenvalue weighted by Gasteiger charge is -2.03. The van der Waals surface area contributed by atoms with Crippen LogP contribution in [0.15, 0.2) is 18.2 Å². The Morgan fingerprint density at radius 3 is 2.81 bits per heavy atom. The second-order valence-corrected chi connectivity index (χ2v) is 4.04. The molecule has 0 atom stereocenters. The van der Waals surface area contributed by atoms with E-state index in [2.05, 4.69) is 54.0 Å². The van der Waals surface area contributed by atoms with Crippen molar-refractivity contribution in [3.63, 3.8) is 0 Å². The van der Waals surface area contributed by atoms with Gasteiger partial charge in [-0.05, 0) is 24.2 Å². The molecule has 0 saturated carbocycles. The fourth-order valence-electron chi connectivity index (χ4n) is 1.98. The minimum Gasteiger partial charge on any atom is -0.331 e. The summed E-state index contributed by atoms with van der Waals surface area (Å²) in [7, 11) is 2.09. The summed E-state index contributed by atoms with van der Waals surface area (Å²) >= 11 is 0. The van der Waals surface area contributed by atoms with Crippen molar-refractivity contribution in [1.82, 2.24) is 14.9 Å². The molecule has 0 unspecified atom stereocenters. The number of hydrogen-bond donors (Lipinski definition) is 1. The third-order valence-corrected chi connectivity index (χ3v) is 2.93. The van der Waals surface area contributed by atoms with Gasteiger partial charge in [0, 0.05) is 20.0 Å². The normalized spacial score (nSPS) is 11.2. The molecule has 0 amide bonds. The molecule has 1 aromatic heterocycles. The molecule has 0 aliphatic heterocycles. The Labute approximate surface area is 96.5 Å². The minimum absolute atomic E-state index is 0.930. The lowest BCUT2D eigenvalue weighted by Crippen LogP contribution is -2.11. The Morgan fingerprint density at radius 1 is 1.31 bits per heavy atom. The van der Waals surface area contributed by atoms with Gasteiger partial charge in [0.1, 0.15) is 5.82 Å². The van der Waals surface area contributed by atoms with Crippen LogP contribution >= 0.6 is 0 Å². The fourth-order valence-corrected chi connectivity index (χ4v) is 1.98. The van der Waals surface area contributed by atoms with Crippen molar-refractivity contribution in [2.24, 2.45) is 7.05 Å². The average Bonchev–Trinajstić information content (AvgIpc) is 2.63. The van der Waals surface area contributed by atoms with E-state index in [0.29, 0.717) is 0 Å². The van der Waals surface area contributed by atoms with Crippen molar-refractivity contribution < 1.29 is 0 Å². The van der Waals surface area contributed by atoms with Crippen LogP contribution in [0.2, 0.25) is 0 Å². The summed E-state index contributed by atoms with van der Waals surface area (Å²) in [5, 5.41) is 3.34. The predicted molar refractivity (Wildman–Crippen MR) is 67.5 cm³/mol. The quantitative estimate of drug-likeness (QED) is 0.851. The van der Waals surface area contributed by atoms with Gasteiger partial charge in [-0.15, -0.1) is 0 Å². The molecule has 16 heavy (non-hydrogen) atoms. The molecule has 1 aromatic carbocycles. The van der Waals surface area contributed by atoms with E-state index in [9.17, 15) is 0 Å². The van der Waals surface area contributed by atoms with Crippen molar-refractivity contribution >= 4 is 11.0 Å². The van der Waals surface area contributed by atoms with Crippen molar-refractivity contribution in [1.29, 1.82) is 0 Å². The van der Waals surface area contributed by atoms with Gasteiger partial charge in [-0.1, -0.05) is 19.9 Å². The fraction of sp³-hybridized carbons (Fsp3) is 0.462. The number of imidazole rings is 1. The number of hydrogen-bond acceptors (Lipinski definition) is 2. The molecule has 2 aromatic rings. The van der Waals surface area contributed by atoms with Crippen molar-refractivity contribution in [2.75, 3.05) is 6.54 Å². The van der Waals surface area contributed by atoms with Crippen LogP contribution in [0.1, 0.15) is 25.2 Å². The van der Waals surface area contributed by atoms with Crippen LogP contribution in [0.4, 0.5) is 0 Å². The Balaban J connectivity index is 2.40. The number of benzene rings is 1. The van der Waals surface area contributed by atoms with Crippen LogP contribution in [-0.2, 0) is 20.0 Å². The topological polar surface area (TPSA) is 29.9 Å². The third-order valence-electron chi connectivity index (χ3n) is 2.93. The summed E-state index contributed by atoms with van der Waals surface area (Å²) in [6, 6.07) is 6.49. The molecule has 0 spiro atoms. The van der Waals surface area contributed by atoms with Crippen LogP contribution in [0.25, 0.3) is 11.0 Å². The highest BCUT2D eigenvalue weighted by Gasteiger charge is 2.06. The molecular formula is C13H19N3. The molecule has 0 aliphatic carbocycles. The molecule has 1 N–H and O–H groups in total. The lowest BCUT2D eigenvalue weighted by molar-refractivity contribution is 0.727. The van der Waals surface area contributed by atoms with E-state index in [1.54, 1.807) is 0 Å². The first-order valence-corrected chi connectivity index (χ1v) is 5.91. The van der Waals surface area contributed by atoms with Gasteiger partial charge in [0.25, 0.3) is 0 Å². The van der Waals surface area contributed by atoms with E-state index in [4.69, 9.17) is 0 Å². The molecular weight excluding hydrogens is 198 g/mol. The van der Waals surface area contributed by atoms with E-state index >= 15 is 0 Å². The van der Waals surface area contributed by atoms with E-state index in [1.807, 2.05) is 0 Å². The van der Waals surface area contributed by atoms with Gasteiger partial charge in [-0.25, -0.2) is 4.98 Å². The smallest absolute Gasteiger partial charge is 0.109 e. The van der Waals surface area contributed by atoms with Gasteiger partial charge in [0.05, 0.1) is 11.0 Å². The molecule has 0 saturated heterocycles. The number of nitrogens with one attached hydrogen (secondary N) is 1. The lowest BCUT2D eigenvalue weighted by atomic mass is 10.2. The molecule has 0 bridgehead atoms. The Hall–Kier alpha value is -1.35. The van der Waals surface area contributed by atoms with Gasteiger partial charge >= 0.3 is 0 Å². The van der Waals surface area contributed by atoms with Crippen molar-refractivity contribution in [2.45, 2.75) is 26.8 Å². The van der Waals surface area contributed by atoms with Crippen LogP contribution < -0.4 is 5.32 Å². The zero-order valence-corrected chi connectivity index (χ0v) is 10.2. The van der Waals surface area contributed by atoms with Crippen molar-refractivity contribution in [3.8, 4) is 0 Å². The molecule has 86 valence electrons. The van der Waals surface area contributed by atoms with Gasteiger partial charge in [-0.3, -0.25) is 0 Å². The van der Waals surface area contributed by atoms with Gasteiger partial charge < -0.3 is 9.88 Å². The third kappa shape index (κ3) is 1.95. The number of aromatic nitrogens is 2. The first-order valence-electron chi connectivity index (χ1n) is 5.91. The molecule has 0 fully saturated rings. The van der Waals surface area contributed by atoms with E-state index in [-0.39, 0.29) is 0 Å². The molecule has 0 aliphatic rings. The predicted octanol–water partition coefficient (Wildman–Crippen LogP) is 2.25. The van der Waals surface area contributed by atoms with Crippen LogP contribution in [0, 0.1) is 0 Å². The van der Waals surface area contributed by atoms with Crippen molar-refractivity contribution in [3.05, 3.63) is 29.6 Å². The van der Waals surface area contributed by atoms with Crippen LogP contribution in [-0.4, -0.2) is 16.1 Å². The maximum atomic E-state index is 4.59. The van der Waals surface area contributed by atoms with Gasteiger partial charge in [0.15, 0.2) is 0 Å². The standard InChI is InChI=1S/C13H19N3/c1-4-13-15-11-7-6-10(9-14-5-2)8-12(11)16(13)3/h6-8,14H,4-5,9H2,1-3H3. The zero-order valence-electron chi connectivity index (χ0n) is 10.2. The molecule has 3 heteroatoms. The number of fused-ring (bicyclic) bond motifs is 1. The van der Waals surface area contributed by atoms with Gasteiger partial charge in [0.2, 0.25) is 0 Å². The molecule has 1 heterocycles. The summed E-state index contributed by atoms with van der Waals surface area (Å²) in [6.07, 6.45) is 0.980. The summed E-state index contributed by atoms with van der Waals surface area (Å²) in [5.74, 6) is 1.15. The maximum absolute atomic E-state index is 4.59. The maximum Gasteiger partial charge on any atom is 0.109 e. The zero-order chi connectivity index (χ0) is 11.5. The molecule has 2 rings (SSSR count). The Bertz CT molecular complexity index is 485.